The Morgan fingerprint density at radius 1 is 1.16 bits per heavy atom. The molecule has 0 unspecified atom stereocenters. The van der Waals surface area contributed by atoms with Crippen LogP contribution in [0.4, 0.5) is 11.6 Å². The lowest BCUT2D eigenvalue weighted by molar-refractivity contribution is -0.139. The Balaban J connectivity index is 1.31. The van der Waals surface area contributed by atoms with Gasteiger partial charge in [0.1, 0.15) is 0 Å². The molecular weight excluding hydrogens is 402 g/mol. The first-order valence-corrected chi connectivity index (χ1v) is 12.1. The molecule has 1 aromatic heterocycles. The lowest BCUT2D eigenvalue weighted by Gasteiger charge is -2.60. The van der Waals surface area contributed by atoms with E-state index >= 15 is 0 Å². The van der Waals surface area contributed by atoms with Crippen molar-refractivity contribution in [1.29, 1.82) is 0 Å². The molecule has 7 nitrogen and oxygen atoms in total. The van der Waals surface area contributed by atoms with Gasteiger partial charge in [0.15, 0.2) is 0 Å². The molecule has 0 radical (unpaired) electrons. The first-order valence-electron chi connectivity index (χ1n) is 12.1. The van der Waals surface area contributed by atoms with Crippen LogP contribution in [0.5, 0.6) is 0 Å². The third-order valence-corrected chi connectivity index (χ3v) is 9.71. The molecule has 3 N–H and O–H groups in total. The van der Waals surface area contributed by atoms with Gasteiger partial charge in [-0.25, -0.2) is 9.97 Å². The largest absolute Gasteiger partial charge is 0.368 e. The third-order valence-electron chi connectivity index (χ3n) is 9.71. The zero-order valence-electron chi connectivity index (χ0n) is 19.4. The predicted molar refractivity (Wildman–Crippen MR) is 123 cm³/mol. The molecule has 3 saturated carbocycles. The molecule has 4 aliphatic rings. The number of nitrogens with zero attached hydrogens (tertiary/aromatic N) is 3. The van der Waals surface area contributed by atoms with Gasteiger partial charge < -0.3 is 16.0 Å². The normalized spacial score (nSPS) is 40.4. The molecule has 0 aromatic carbocycles. The summed E-state index contributed by atoms with van der Waals surface area (Å²) in [4.78, 5) is 35.0. The summed E-state index contributed by atoms with van der Waals surface area (Å²) in [6.45, 7) is 4.82. The highest BCUT2D eigenvalue weighted by molar-refractivity contribution is 5.90. The molecule has 0 bridgehead atoms. The van der Waals surface area contributed by atoms with Gasteiger partial charge in [0.2, 0.25) is 17.8 Å². The Hall–Kier alpha value is -2.44. The zero-order chi connectivity index (χ0) is 22.7. The molecule has 172 valence electrons. The van der Waals surface area contributed by atoms with Crippen LogP contribution >= 0.6 is 0 Å². The van der Waals surface area contributed by atoms with Crippen LogP contribution in [0.15, 0.2) is 24.5 Å². The lowest BCUT2D eigenvalue weighted by atomic mass is 9.47. The van der Waals surface area contributed by atoms with E-state index in [4.69, 9.17) is 5.73 Å². The molecule has 7 atom stereocenters. The lowest BCUT2D eigenvalue weighted by Crippen LogP contribution is -2.59. The second-order valence-corrected chi connectivity index (χ2v) is 11.0. The molecule has 0 spiro atoms. The van der Waals surface area contributed by atoms with Crippen LogP contribution in [0, 0.1) is 34.5 Å². The van der Waals surface area contributed by atoms with Crippen LogP contribution in [-0.2, 0) is 9.59 Å². The maximum atomic E-state index is 12.8. The average Bonchev–Trinajstić information content (AvgIpc) is 3.09. The summed E-state index contributed by atoms with van der Waals surface area (Å²) < 4.78 is 0. The number of anilines is 2. The molecule has 5 rings (SSSR count). The summed E-state index contributed by atoms with van der Waals surface area (Å²) in [6, 6.07) is 0.315. The van der Waals surface area contributed by atoms with Crippen molar-refractivity contribution in [3.8, 4) is 0 Å². The van der Waals surface area contributed by atoms with E-state index < -0.39 is 0 Å². The number of nitrogens with two attached hydrogens (primary N) is 1. The molecule has 32 heavy (non-hydrogen) atoms. The van der Waals surface area contributed by atoms with Gasteiger partial charge in [0.25, 0.3) is 0 Å². The average molecular weight is 438 g/mol. The van der Waals surface area contributed by atoms with E-state index in [1.54, 1.807) is 18.5 Å². The number of rotatable bonds is 3. The fourth-order valence-electron chi connectivity index (χ4n) is 8.02. The second kappa shape index (κ2) is 7.56. The van der Waals surface area contributed by atoms with Crippen molar-refractivity contribution >= 4 is 23.5 Å². The highest BCUT2D eigenvalue weighted by atomic mass is 16.2. The SMILES string of the molecule is CN1C(=O)C=C[C@]2(C)[C@H]3CC[C@]4(C)[C@@H](CC(=O)Nc5cnc(N)nc5)CC[C@H]4[C@@H]3CC[C@@H]12. The van der Waals surface area contributed by atoms with Gasteiger partial charge in [-0.2, -0.15) is 0 Å². The van der Waals surface area contributed by atoms with Crippen LogP contribution in [0.25, 0.3) is 0 Å². The number of aromatic nitrogens is 2. The molecule has 0 saturated heterocycles. The van der Waals surface area contributed by atoms with E-state index in [0.29, 0.717) is 41.8 Å². The van der Waals surface area contributed by atoms with Gasteiger partial charge in [0, 0.05) is 24.9 Å². The molecular formula is C25H35N5O2. The summed E-state index contributed by atoms with van der Waals surface area (Å²) in [5.74, 6) is 2.75. The fourth-order valence-corrected chi connectivity index (χ4v) is 8.02. The topological polar surface area (TPSA) is 101 Å². The van der Waals surface area contributed by atoms with E-state index in [9.17, 15) is 9.59 Å². The van der Waals surface area contributed by atoms with Crippen LogP contribution in [0.3, 0.4) is 0 Å². The van der Waals surface area contributed by atoms with Crippen molar-refractivity contribution < 1.29 is 9.59 Å². The van der Waals surface area contributed by atoms with Gasteiger partial charge in [0.05, 0.1) is 18.1 Å². The van der Waals surface area contributed by atoms with Gasteiger partial charge in [-0.15, -0.1) is 0 Å². The van der Waals surface area contributed by atoms with Crippen LogP contribution in [0.2, 0.25) is 0 Å². The van der Waals surface area contributed by atoms with Crippen molar-refractivity contribution in [3.63, 3.8) is 0 Å². The van der Waals surface area contributed by atoms with Gasteiger partial charge >= 0.3 is 0 Å². The Morgan fingerprint density at radius 2 is 1.91 bits per heavy atom. The van der Waals surface area contributed by atoms with E-state index in [0.717, 1.165) is 19.3 Å². The molecule has 2 amide bonds. The number of carbonyl (C=O) groups excluding carboxylic acids is 2. The van der Waals surface area contributed by atoms with Crippen molar-refractivity contribution in [1.82, 2.24) is 14.9 Å². The monoisotopic (exact) mass is 437 g/mol. The number of hydrogen-bond acceptors (Lipinski definition) is 5. The van der Waals surface area contributed by atoms with Gasteiger partial charge in [-0.3, -0.25) is 9.59 Å². The van der Waals surface area contributed by atoms with Crippen molar-refractivity contribution in [2.45, 2.75) is 64.8 Å². The number of nitrogen functional groups attached to an aromatic ring is 1. The minimum absolute atomic E-state index is 0.0402. The minimum Gasteiger partial charge on any atom is -0.368 e. The first-order chi connectivity index (χ1) is 15.2. The molecule has 1 aromatic rings. The Kier molecular flexibility index (Phi) is 5.06. The zero-order valence-corrected chi connectivity index (χ0v) is 19.4. The predicted octanol–water partition coefficient (Wildman–Crippen LogP) is 3.64. The Bertz CT molecular complexity index is 946. The fraction of sp³-hybridized carbons (Fsp3) is 0.680. The maximum absolute atomic E-state index is 12.8. The highest BCUT2D eigenvalue weighted by Gasteiger charge is 2.60. The number of amides is 2. The first kappa shape index (κ1) is 21.4. The van der Waals surface area contributed by atoms with E-state index in [2.05, 4.69) is 35.2 Å². The van der Waals surface area contributed by atoms with E-state index in [1.807, 2.05) is 11.9 Å². The molecule has 2 heterocycles. The van der Waals surface area contributed by atoms with Gasteiger partial charge in [-0.05, 0) is 73.7 Å². The molecule has 7 heteroatoms. The smallest absolute Gasteiger partial charge is 0.246 e. The number of likely N-dealkylation sites (N-methyl/N-ethyl adjacent to an activating group) is 1. The van der Waals surface area contributed by atoms with Crippen LogP contribution in [0.1, 0.15) is 58.8 Å². The second-order valence-electron chi connectivity index (χ2n) is 11.0. The molecule has 3 fully saturated rings. The number of hydrogen-bond donors (Lipinski definition) is 2. The number of nitrogens with one attached hydrogen (secondary N) is 1. The van der Waals surface area contributed by atoms with Crippen LogP contribution in [-0.4, -0.2) is 39.8 Å². The third kappa shape index (κ3) is 3.23. The quantitative estimate of drug-likeness (QED) is 0.752. The Morgan fingerprint density at radius 3 is 2.66 bits per heavy atom. The Labute approximate surface area is 190 Å². The van der Waals surface area contributed by atoms with E-state index in [1.165, 1.54) is 19.3 Å². The van der Waals surface area contributed by atoms with Crippen LogP contribution < -0.4 is 11.1 Å². The highest BCUT2D eigenvalue weighted by Crippen LogP contribution is 2.65. The van der Waals surface area contributed by atoms with E-state index in [-0.39, 0.29) is 28.6 Å². The van der Waals surface area contributed by atoms with Crippen molar-refractivity contribution in [2.75, 3.05) is 18.1 Å². The summed E-state index contributed by atoms with van der Waals surface area (Å²) in [7, 11) is 1.97. The molecule has 3 aliphatic carbocycles. The summed E-state index contributed by atoms with van der Waals surface area (Å²) in [5.41, 5.74) is 6.41. The standard InChI is InChI=1S/C25H35N5O2/c1-24-10-8-19-17(5-7-20-25(19,2)11-9-22(32)30(20)3)18(24)6-4-15(24)12-21(31)29-16-13-27-23(26)28-14-16/h9,11,13-15,17-20H,4-8,10,12H2,1-3H3,(H,29,31)(H2,26,27,28)/t15-,17+,18+,19+,20-,24-,25-/m1/s1. The maximum Gasteiger partial charge on any atom is 0.246 e. The van der Waals surface area contributed by atoms with Gasteiger partial charge in [-0.1, -0.05) is 19.9 Å². The number of fused-ring (bicyclic) bond motifs is 5. The molecule has 1 aliphatic heterocycles. The summed E-state index contributed by atoms with van der Waals surface area (Å²) in [6.07, 6.45) is 14.6. The van der Waals surface area contributed by atoms with Crippen molar-refractivity contribution in [2.24, 2.45) is 34.5 Å². The summed E-state index contributed by atoms with van der Waals surface area (Å²) in [5, 5.41) is 2.95. The summed E-state index contributed by atoms with van der Waals surface area (Å²) >= 11 is 0. The number of carbonyl (C=O) groups is 2. The van der Waals surface area contributed by atoms with Crippen molar-refractivity contribution in [3.05, 3.63) is 24.5 Å². The minimum atomic E-state index is 0.0402.